The van der Waals surface area contributed by atoms with Gasteiger partial charge in [0.25, 0.3) is 5.91 Å². The van der Waals surface area contributed by atoms with Gasteiger partial charge in [-0.25, -0.2) is 4.39 Å². The highest BCUT2D eigenvalue weighted by molar-refractivity contribution is 5.95. The number of nitrogens with one attached hydrogen (secondary N) is 1. The molecule has 0 saturated heterocycles. The Labute approximate surface area is 118 Å². The van der Waals surface area contributed by atoms with E-state index in [-0.39, 0.29) is 17.3 Å². The molecule has 0 radical (unpaired) electrons. The number of benzene rings is 2. The van der Waals surface area contributed by atoms with Gasteiger partial charge >= 0.3 is 0 Å². The Balaban J connectivity index is 2.28. The molecule has 2 aromatic carbocycles. The van der Waals surface area contributed by atoms with E-state index in [9.17, 15) is 9.18 Å². The van der Waals surface area contributed by atoms with Crippen LogP contribution < -0.4 is 5.32 Å². The number of rotatable bonds is 2. The SMILES string of the molecule is CC(C)(C)NC(=O)c1cccc(-c2ccc(F)cc2)c1. The van der Waals surface area contributed by atoms with Crippen molar-refractivity contribution in [3.05, 3.63) is 59.9 Å². The fraction of sp³-hybridized carbons (Fsp3) is 0.235. The van der Waals surface area contributed by atoms with E-state index in [2.05, 4.69) is 5.32 Å². The first-order valence-electron chi connectivity index (χ1n) is 6.54. The van der Waals surface area contributed by atoms with Gasteiger partial charge in [-0.3, -0.25) is 4.79 Å². The number of hydrogen-bond acceptors (Lipinski definition) is 1. The molecule has 0 unspecified atom stereocenters. The molecular formula is C17H18FNO. The van der Waals surface area contributed by atoms with Gasteiger partial charge in [-0.15, -0.1) is 0 Å². The smallest absolute Gasteiger partial charge is 0.251 e. The van der Waals surface area contributed by atoms with Gasteiger partial charge in [0.2, 0.25) is 0 Å². The highest BCUT2D eigenvalue weighted by Crippen LogP contribution is 2.21. The maximum Gasteiger partial charge on any atom is 0.251 e. The van der Waals surface area contributed by atoms with E-state index in [1.807, 2.05) is 39.0 Å². The molecule has 0 fully saturated rings. The molecule has 0 spiro atoms. The maximum atomic E-state index is 12.9. The number of carbonyl (C=O) groups is 1. The van der Waals surface area contributed by atoms with Gasteiger partial charge in [0.05, 0.1) is 0 Å². The van der Waals surface area contributed by atoms with Crippen LogP contribution in [0, 0.1) is 5.82 Å². The van der Waals surface area contributed by atoms with E-state index in [4.69, 9.17) is 0 Å². The first-order valence-corrected chi connectivity index (χ1v) is 6.54. The number of hydrogen-bond donors (Lipinski definition) is 1. The monoisotopic (exact) mass is 271 g/mol. The summed E-state index contributed by atoms with van der Waals surface area (Å²) in [7, 11) is 0. The maximum absolute atomic E-state index is 12.9. The van der Waals surface area contributed by atoms with Crippen molar-refractivity contribution in [3.63, 3.8) is 0 Å². The van der Waals surface area contributed by atoms with Gasteiger partial charge in [0, 0.05) is 11.1 Å². The summed E-state index contributed by atoms with van der Waals surface area (Å²) in [4.78, 5) is 12.1. The Hall–Kier alpha value is -2.16. The Kier molecular flexibility index (Phi) is 3.89. The Morgan fingerprint density at radius 1 is 1.00 bits per heavy atom. The number of carbonyl (C=O) groups excluding carboxylic acids is 1. The average molecular weight is 271 g/mol. The summed E-state index contributed by atoms with van der Waals surface area (Å²) in [5.74, 6) is -0.378. The predicted molar refractivity (Wildman–Crippen MR) is 79.1 cm³/mol. The van der Waals surface area contributed by atoms with E-state index in [1.165, 1.54) is 12.1 Å². The van der Waals surface area contributed by atoms with Gasteiger partial charge < -0.3 is 5.32 Å². The summed E-state index contributed by atoms with van der Waals surface area (Å²) < 4.78 is 12.9. The third-order valence-corrected chi connectivity index (χ3v) is 2.79. The van der Waals surface area contributed by atoms with Crippen molar-refractivity contribution in [2.24, 2.45) is 0 Å². The lowest BCUT2D eigenvalue weighted by Gasteiger charge is -2.20. The zero-order chi connectivity index (χ0) is 14.8. The molecule has 2 nitrogen and oxygen atoms in total. The van der Waals surface area contributed by atoms with E-state index in [0.717, 1.165) is 11.1 Å². The summed E-state index contributed by atoms with van der Waals surface area (Å²) in [6.45, 7) is 5.82. The zero-order valence-corrected chi connectivity index (χ0v) is 11.9. The van der Waals surface area contributed by atoms with Crippen LogP contribution in [0.4, 0.5) is 4.39 Å². The van der Waals surface area contributed by atoms with Crippen LogP contribution in [0.15, 0.2) is 48.5 Å². The molecule has 0 aromatic heterocycles. The van der Waals surface area contributed by atoms with E-state index in [0.29, 0.717) is 5.56 Å². The quantitative estimate of drug-likeness (QED) is 0.878. The van der Waals surface area contributed by atoms with Crippen molar-refractivity contribution in [1.29, 1.82) is 0 Å². The molecular weight excluding hydrogens is 253 g/mol. The van der Waals surface area contributed by atoms with Crippen molar-refractivity contribution in [2.75, 3.05) is 0 Å². The molecule has 0 saturated carbocycles. The molecule has 1 N–H and O–H groups in total. The molecule has 1 amide bonds. The van der Waals surface area contributed by atoms with Gasteiger partial charge in [0.15, 0.2) is 0 Å². The highest BCUT2D eigenvalue weighted by atomic mass is 19.1. The fourth-order valence-electron chi connectivity index (χ4n) is 1.90. The standard InChI is InChI=1S/C17H18FNO/c1-17(2,3)19-16(20)14-6-4-5-13(11-14)12-7-9-15(18)10-8-12/h4-11H,1-3H3,(H,19,20). The molecule has 2 rings (SSSR count). The largest absolute Gasteiger partial charge is 0.347 e. The van der Waals surface area contributed by atoms with Crippen LogP contribution in [0.5, 0.6) is 0 Å². The second-order valence-electron chi connectivity index (χ2n) is 5.79. The lowest BCUT2D eigenvalue weighted by atomic mass is 10.0. The fourth-order valence-corrected chi connectivity index (χ4v) is 1.90. The zero-order valence-electron chi connectivity index (χ0n) is 11.9. The second kappa shape index (κ2) is 5.45. The van der Waals surface area contributed by atoms with Crippen molar-refractivity contribution in [3.8, 4) is 11.1 Å². The molecule has 20 heavy (non-hydrogen) atoms. The van der Waals surface area contributed by atoms with Gasteiger partial charge in [-0.1, -0.05) is 24.3 Å². The number of halogens is 1. The lowest BCUT2D eigenvalue weighted by Crippen LogP contribution is -2.40. The van der Waals surface area contributed by atoms with E-state index >= 15 is 0 Å². The van der Waals surface area contributed by atoms with E-state index in [1.54, 1.807) is 18.2 Å². The molecule has 0 bridgehead atoms. The van der Waals surface area contributed by atoms with Gasteiger partial charge in [-0.2, -0.15) is 0 Å². The van der Waals surface area contributed by atoms with Crippen molar-refractivity contribution < 1.29 is 9.18 Å². The molecule has 0 aliphatic carbocycles. The summed E-state index contributed by atoms with van der Waals surface area (Å²) >= 11 is 0. The van der Waals surface area contributed by atoms with Gasteiger partial charge in [0.1, 0.15) is 5.82 Å². The van der Waals surface area contributed by atoms with Crippen LogP contribution in [-0.4, -0.2) is 11.4 Å². The summed E-state index contributed by atoms with van der Waals surface area (Å²) in [5.41, 5.74) is 2.10. The minimum absolute atomic E-state index is 0.110. The normalized spacial score (nSPS) is 11.2. The summed E-state index contributed by atoms with van der Waals surface area (Å²) in [6.07, 6.45) is 0. The van der Waals surface area contributed by atoms with E-state index < -0.39 is 0 Å². The Bertz CT molecular complexity index is 612. The van der Waals surface area contributed by atoms with Gasteiger partial charge in [-0.05, 0) is 56.2 Å². The van der Waals surface area contributed by atoms with Crippen molar-refractivity contribution in [1.82, 2.24) is 5.32 Å². The van der Waals surface area contributed by atoms with Crippen LogP contribution in [0.1, 0.15) is 31.1 Å². The average Bonchev–Trinajstić information content (AvgIpc) is 2.38. The lowest BCUT2D eigenvalue weighted by molar-refractivity contribution is 0.0919. The first kappa shape index (κ1) is 14.3. The van der Waals surface area contributed by atoms with Crippen molar-refractivity contribution >= 4 is 5.91 Å². The summed E-state index contributed by atoms with van der Waals surface area (Å²) in [6, 6.07) is 13.6. The third kappa shape index (κ3) is 3.67. The molecule has 0 atom stereocenters. The molecule has 0 heterocycles. The van der Waals surface area contributed by atoms with Crippen LogP contribution in [0.2, 0.25) is 0 Å². The number of amides is 1. The Morgan fingerprint density at radius 2 is 1.65 bits per heavy atom. The highest BCUT2D eigenvalue weighted by Gasteiger charge is 2.15. The minimum atomic E-state index is -0.275. The van der Waals surface area contributed by atoms with Crippen LogP contribution >= 0.6 is 0 Å². The van der Waals surface area contributed by atoms with Crippen molar-refractivity contribution in [2.45, 2.75) is 26.3 Å². The minimum Gasteiger partial charge on any atom is -0.347 e. The molecule has 0 aliphatic heterocycles. The third-order valence-electron chi connectivity index (χ3n) is 2.79. The molecule has 3 heteroatoms. The molecule has 104 valence electrons. The first-order chi connectivity index (χ1) is 9.35. The second-order valence-corrected chi connectivity index (χ2v) is 5.79. The molecule has 0 aliphatic rings. The Morgan fingerprint density at radius 3 is 2.25 bits per heavy atom. The topological polar surface area (TPSA) is 29.1 Å². The predicted octanol–water partition coefficient (Wildman–Crippen LogP) is 4.02. The van der Waals surface area contributed by atoms with Crippen LogP contribution in [-0.2, 0) is 0 Å². The summed E-state index contributed by atoms with van der Waals surface area (Å²) in [5, 5.41) is 2.92. The molecule has 2 aromatic rings. The van der Waals surface area contributed by atoms with Crippen LogP contribution in [0.25, 0.3) is 11.1 Å². The van der Waals surface area contributed by atoms with Crippen LogP contribution in [0.3, 0.4) is 0 Å².